The first kappa shape index (κ1) is 22.7. The fraction of sp³-hybridized carbons (Fsp3) is 0.292. The lowest BCUT2D eigenvalue weighted by Gasteiger charge is -2.16. The summed E-state index contributed by atoms with van der Waals surface area (Å²) in [6, 6.07) is 16.9. The van der Waals surface area contributed by atoms with Crippen molar-refractivity contribution in [3.63, 3.8) is 0 Å². The second-order valence-electron chi connectivity index (χ2n) is 8.10. The molecule has 33 heavy (non-hydrogen) atoms. The number of benzene rings is 2. The average Bonchev–Trinajstić information content (AvgIpc) is 3.29. The van der Waals surface area contributed by atoms with Crippen LogP contribution in [0, 0.1) is 5.92 Å². The van der Waals surface area contributed by atoms with Crippen molar-refractivity contribution >= 4 is 28.4 Å². The zero-order valence-electron chi connectivity index (χ0n) is 18.7. The summed E-state index contributed by atoms with van der Waals surface area (Å²) in [5.41, 5.74) is 1.19. The van der Waals surface area contributed by atoms with Crippen LogP contribution >= 0.6 is 11.8 Å². The molecule has 0 unspecified atom stereocenters. The van der Waals surface area contributed by atoms with Gasteiger partial charge in [-0.15, -0.1) is 10.2 Å². The van der Waals surface area contributed by atoms with Crippen LogP contribution in [-0.4, -0.2) is 37.7 Å². The third-order valence-corrected chi connectivity index (χ3v) is 6.19. The normalized spacial score (nSPS) is 12.2. The summed E-state index contributed by atoms with van der Waals surface area (Å²) in [4.78, 5) is 25.2. The van der Waals surface area contributed by atoms with Gasteiger partial charge < -0.3 is 9.73 Å². The van der Waals surface area contributed by atoms with Crippen molar-refractivity contribution in [2.24, 2.45) is 5.92 Å². The Morgan fingerprint density at radius 3 is 2.45 bits per heavy atom. The number of thioether (sulfide) groups is 1. The molecule has 0 fully saturated rings. The van der Waals surface area contributed by atoms with Gasteiger partial charge in [-0.2, -0.15) is 5.10 Å². The molecule has 0 saturated heterocycles. The number of rotatable bonds is 8. The van der Waals surface area contributed by atoms with E-state index in [0.717, 1.165) is 17.3 Å². The SMILES string of the molecule is CC(C)[C@@H](C)NC(=O)CSc1nnc(-c2nn(Cc3ccccc3)c(=O)c3ccccc23)o1. The highest BCUT2D eigenvalue weighted by Crippen LogP contribution is 2.26. The molecule has 2 aromatic carbocycles. The average molecular weight is 464 g/mol. The van der Waals surface area contributed by atoms with Gasteiger partial charge in [0, 0.05) is 11.4 Å². The number of carbonyl (C=O) groups excluding carboxylic acids is 1. The van der Waals surface area contributed by atoms with Gasteiger partial charge in [-0.25, -0.2) is 4.68 Å². The van der Waals surface area contributed by atoms with Crippen LogP contribution in [0.2, 0.25) is 0 Å². The van der Waals surface area contributed by atoms with Gasteiger partial charge in [0.2, 0.25) is 5.91 Å². The molecule has 2 heterocycles. The number of carbonyl (C=O) groups is 1. The smallest absolute Gasteiger partial charge is 0.277 e. The second-order valence-corrected chi connectivity index (χ2v) is 9.03. The molecule has 1 N–H and O–H groups in total. The summed E-state index contributed by atoms with van der Waals surface area (Å²) >= 11 is 1.16. The molecule has 1 amide bonds. The number of aromatic nitrogens is 4. The molecule has 0 radical (unpaired) electrons. The van der Waals surface area contributed by atoms with Crippen LogP contribution in [0.3, 0.4) is 0 Å². The van der Waals surface area contributed by atoms with Crippen LogP contribution in [0.1, 0.15) is 26.3 Å². The third-order valence-electron chi connectivity index (χ3n) is 5.37. The Morgan fingerprint density at radius 1 is 1.03 bits per heavy atom. The van der Waals surface area contributed by atoms with Crippen LogP contribution < -0.4 is 10.9 Å². The number of nitrogens with zero attached hydrogens (tertiary/aromatic N) is 4. The molecule has 9 heteroatoms. The molecule has 0 bridgehead atoms. The molecular formula is C24H25N5O3S. The summed E-state index contributed by atoms with van der Waals surface area (Å²) in [6.45, 7) is 6.40. The Hall–Kier alpha value is -3.46. The minimum atomic E-state index is -0.191. The van der Waals surface area contributed by atoms with Crippen LogP contribution in [0.15, 0.2) is 69.0 Å². The molecule has 4 rings (SSSR count). The first-order chi connectivity index (χ1) is 15.9. The van der Waals surface area contributed by atoms with E-state index in [2.05, 4.69) is 34.5 Å². The maximum atomic E-state index is 13.0. The topological polar surface area (TPSA) is 103 Å². The van der Waals surface area contributed by atoms with Gasteiger partial charge in [-0.3, -0.25) is 9.59 Å². The van der Waals surface area contributed by atoms with E-state index in [0.29, 0.717) is 28.9 Å². The molecule has 8 nitrogen and oxygen atoms in total. The summed E-state index contributed by atoms with van der Waals surface area (Å²) < 4.78 is 7.22. The molecule has 0 spiro atoms. The molecule has 1 atom stereocenters. The van der Waals surface area contributed by atoms with E-state index in [1.807, 2.05) is 55.5 Å². The van der Waals surface area contributed by atoms with E-state index in [4.69, 9.17) is 4.42 Å². The van der Waals surface area contributed by atoms with E-state index in [9.17, 15) is 9.59 Å². The van der Waals surface area contributed by atoms with Crippen LogP contribution in [0.5, 0.6) is 0 Å². The van der Waals surface area contributed by atoms with Gasteiger partial charge in [-0.05, 0) is 24.5 Å². The van der Waals surface area contributed by atoms with Crippen molar-refractivity contribution in [3.8, 4) is 11.6 Å². The van der Waals surface area contributed by atoms with Crippen molar-refractivity contribution in [1.82, 2.24) is 25.3 Å². The maximum Gasteiger partial charge on any atom is 0.277 e. The summed E-state index contributed by atoms with van der Waals surface area (Å²) in [7, 11) is 0. The van der Waals surface area contributed by atoms with Gasteiger partial charge in [0.05, 0.1) is 17.7 Å². The van der Waals surface area contributed by atoms with Crippen LogP contribution in [-0.2, 0) is 11.3 Å². The van der Waals surface area contributed by atoms with E-state index in [1.54, 1.807) is 6.07 Å². The number of amides is 1. The molecule has 0 aliphatic rings. The molecule has 2 aromatic heterocycles. The minimum absolute atomic E-state index is 0.0811. The predicted molar refractivity (Wildman–Crippen MR) is 128 cm³/mol. The molecular weight excluding hydrogens is 438 g/mol. The van der Waals surface area contributed by atoms with Crippen molar-refractivity contribution in [3.05, 3.63) is 70.5 Å². The van der Waals surface area contributed by atoms with Gasteiger partial charge >= 0.3 is 0 Å². The minimum Gasteiger partial charge on any atom is -0.409 e. The lowest BCUT2D eigenvalue weighted by molar-refractivity contribution is -0.119. The van der Waals surface area contributed by atoms with Gasteiger partial charge in [0.25, 0.3) is 16.7 Å². The van der Waals surface area contributed by atoms with Gasteiger partial charge in [0.1, 0.15) is 0 Å². The van der Waals surface area contributed by atoms with Gasteiger partial charge in [-0.1, -0.05) is 74.1 Å². The summed E-state index contributed by atoms with van der Waals surface area (Å²) in [5.74, 6) is 0.618. The Bertz CT molecular complexity index is 1320. The zero-order valence-corrected chi connectivity index (χ0v) is 19.5. The molecule has 4 aromatic rings. The lowest BCUT2D eigenvalue weighted by atomic mass is 10.1. The Morgan fingerprint density at radius 2 is 1.73 bits per heavy atom. The zero-order chi connectivity index (χ0) is 23.4. The fourth-order valence-electron chi connectivity index (χ4n) is 3.21. The first-order valence-electron chi connectivity index (χ1n) is 10.7. The summed E-state index contributed by atoms with van der Waals surface area (Å²) in [6.07, 6.45) is 0. The largest absolute Gasteiger partial charge is 0.409 e. The molecule has 0 aliphatic heterocycles. The summed E-state index contributed by atoms with van der Waals surface area (Å²) in [5, 5.41) is 17.1. The van der Waals surface area contributed by atoms with Crippen molar-refractivity contribution in [1.29, 1.82) is 0 Å². The van der Waals surface area contributed by atoms with Crippen LogP contribution in [0.4, 0.5) is 0 Å². The van der Waals surface area contributed by atoms with Gasteiger partial charge in [0.15, 0.2) is 5.69 Å². The van der Waals surface area contributed by atoms with E-state index in [1.165, 1.54) is 4.68 Å². The Kier molecular flexibility index (Phi) is 6.88. The Labute approximate surface area is 195 Å². The number of nitrogens with one attached hydrogen (secondary N) is 1. The van der Waals surface area contributed by atoms with E-state index < -0.39 is 0 Å². The highest BCUT2D eigenvalue weighted by molar-refractivity contribution is 7.99. The predicted octanol–water partition coefficient (Wildman–Crippen LogP) is 3.75. The quantitative estimate of drug-likeness (QED) is 0.397. The van der Waals surface area contributed by atoms with Crippen molar-refractivity contribution in [2.75, 3.05) is 5.75 Å². The van der Waals surface area contributed by atoms with E-state index in [-0.39, 0.29) is 34.4 Å². The second kappa shape index (κ2) is 9.99. The fourth-order valence-corrected chi connectivity index (χ4v) is 3.78. The standard InChI is InChI=1S/C24H25N5O3S/c1-15(2)16(3)25-20(30)14-33-24-27-26-22(32-24)21-18-11-7-8-12-19(18)23(31)29(28-21)13-17-9-5-4-6-10-17/h4-12,15-16H,13-14H2,1-3H3,(H,25,30)/t16-/m1/s1. The lowest BCUT2D eigenvalue weighted by Crippen LogP contribution is -2.37. The monoisotopic (exact) mass is 463 g/mol. The van der Waals surface area contributed by atoms with Crippen molar-refractivity contribution < 1.29 is 9.21 Å². The molecule has 170 valence electrons. The molecule has 0 aliphatic carbocycles. The molecule has 0 saturated carbocycles. The third kappa shape index (κ3) is 5.31. The van der Waals surface area contributed by atoms with Crippen LogP contribution in [0.25, 0.3) is 22.4 Å². The first-order valence-corrected chi connectivity index (χ1v) is 11.7. The number of hydrogen-bond donors (Lipinski definition) is 1. The number of hydrogen-bond acceptors (Lipinski definition) is 7. The maximum absolute atomic E-state index is 13.0. The number of fused-ring (bicyclic) bond motifs is 1. The highest BCUT2D eigenvalue weighted by Gasteiger charge is 2.19. The van der Waals surface area contributed by atoms with Crippen molar-refractivity contribution in [2.45, 2.75) is 38.6 Å². The van der Waals surface area contributed by atoms with E-state index >= 15 is 0 Å². The highest BCUT2D eigenvalue weighted by atomic mass is 32.2. The Balaban J connectivity index is 1.61.